The van der Waals surface area contributed by atoms with Gasteiger partial charge in [-0.15, -0.1) is 0 Å². The molecule has 1 aliphatic heterocycles. The van der Waals surface area contributed by atoms with E-state index in [4.69, 9.17) is 5.73 Å². The van der Waals surface area contributed by atoms with E-state index in [1.807, 2.05) is 0 Å². The Morgan fingerprint density at radius 3 is 2.52 bits per heavy atom. The van der Waals surface area contributed by atoms with E-state index in [-0.39, 0.29) is 11.1 Å². The van der Waals surface area contributed by atoms with Crippen molar-refractivity contribution >= 4 is 10.0 Å². The highest BCUT2D eigenvalue weighted by molar-refractivity contribution is 7.89. The molecule has 0 amide bonds. The molecule has 0 bridgehead atoms. The number of nitrogens with two attached hydrogens (primary N) is 1. The van der Waals surface area contributed by atoms with Gasteiger partial charge in [0.25, 0.3) is 10.0 Å². The van der Waals surface area contributed by atoms with Crippen molar-refractivity contribution in [2.75, 3.05) is 26.7 Å². The molecule has 6 nitrogen and oxygen atoms in total. The third-order valence-corrected chi connectivity index (χ3v) is 6.02. The number of likely N-dealkylation sites (tertiary alicyclic amines) is 1. The molecule has 0 atom stereocenters. The maximum atomic E-state index is 12.6. The minimum atomic E-state index is -3.52. The summed E-state index contributed by atoms with van der Waals surface area (Å²) >= 11 is 0. The van der Waals surface area contributed by atoms with Crippen molar-refractivity contribution in [3.05, 3.63) is 23.9 Å². The van der Waals surface area contributed by atoms with E-state index in [9.17, 15) is 8.42 Å². The quantitative estimate of drug-likeness (QED) is 0.863. The molecule has 0 aromatic carbocycles. The second kappa shape index (κ2) is 6.83. The standard InChI is InChI=1S/C14H24N4O2S/c1-3-18-8-6-13(7-9-18)17(2)21(19,20)14-5-4-12(10-15)11-16-14/h4-5,11,13H,3,6-10,15H2,1-2H3. The molecule has 1 aliphatic rings. The van der Waals surface area contributed by atoms with Gasteiger partial charge in [-0.05, 0) is 44.1 Å². The molecular weight excluding hydrogens is 288 g/mol. The number of hydrogen-bond acceptors (Lipinski definition) is 5. The lowest BCUT2D eigenvalue weighted by atomic mass is 10.1. The highest BCUT2D eigenvalue weighted by Crippen LogP contribution is 2.21. The largest absolute Gasteiger partial charge is 0.326 e. The minimum Gasteiger partial charge on any atom is -0.326 e. The summed E-state index contributed by atoms with van der Waals surface area (Å²) in [5.74, 6) is 0. The molecule has 2 N–H and O–H groups in total. The van der Waals surface area contributed by atoms with E-state index in [1.165, 1.54) is 16.6 Å². The maximum Gasteiger partial charge on any atom is 0.260 e. The van der Waals surface area contributed by atoms with Crippen LogP contribution in [0, 0.1) is 0 Å². The molecule has 2 rings (SSSR count). The van der Waals surface area contributed by atoms with Crippen LogP contribution in [-0.2, 0) is 16.6 Å². The second-order valence-electron chi connectivity index (χ2n) is 5.40. The maximum absolute atomic E-state index is 12.6. The lowest BCUT2D eigenvalue weighted by Gasteiger charge is -2.35. The predicted molar refractivity (Wildman–Crippen MR) is 82.2 cm³/mol. The van der Waals surface area contributed by atoms with Crippen LogP contribution in [0.15, 0.2) is 23.4 Å². The zero-order chi connectivity index (χ0) is 15.5. The number of aromatic nitrogens is 1. The van der Waals surface area contributed by atoms with Gasteiger partial charge in [0.2, 0.25) is 0 Å². The molecule has 0 aliphatic carbocycles. The molecule has 21 heavy (non-hydrogen) atoms. The van der Waals surface area contributed by atoms with Crippen LogP contribution in [0.3, 0.4) is 0 Å². The van der Waals surface area contributed by atoms with Crippen molar-refractivity contribution in [3.8, 4) is 0 Å². The van der Waals surface area contributed by atoms with Crippen molar-refractivity contribution in [1.82, 2.24) is 14.2 Å². The molecule has 2 heterocycles. The molecule has 0 saturated carbocycles. The van der Waals surface area contributed by atoms with Gasteiger partial charge in [0.15, 0.2) is 5.03 Å². The van der Waals surface area contributed by atoms with E-state index in [2.05, 4.69) is 16.8 Å². The van der Waals surface area contributed by atoms with Crippen molar-refractivity contribution < 1.29 is 8.42 Å². The first-order valence-corrected chi connectivity index (χ1v) is 8.78. The van der Waals surface area contributed by atoms with Crippen LogP contribution in [0.5, 0.6) is 0 Å². The van der Waals surface area contributed by atoms with Crippen LogP contribution in [0.1, 0.15) is 25.3 Å². The van der Waals surface area contributed by atoms with Gasteiger partial charge in [-0.2, -0.15) is 4.31 Å². The Balaban J connectivity index is 2.11. The molecular formula is C14H24N4O2S. The van der Waals surface area contributed by atoms with Gasteiger partial charge >= 0.3 is 0 Å². The Morgan fingerprint density at radius 1 is 1.38 bits per heavy atom. The number of pyridine rings is 1. The number of sulfonamides is 1. The van der Waals surface area contributed by atoms with Crippen LogP contribution < -0.4 is 5.73 Å². The Bertz CT molecular complexity index is 551. The fourth-order valence-corrected chi connectivity index (χ4v) is 3.95. The summed E-state index contributed by atoms with van der Waals surface area (Å²) < 4.78 is 26.7. The summed E-state index contributed by atoms with van der Waals surface area (Å²) in [6.45, 7) is 5.40. The molecule has 1 saturated heterocycles. The summed E-state index contributed by atoms with van der Waals surface area (Å²) in [6, 6.07) is 3.30. The lowest BCUT2D eigenvalue weighted by Crippen LogP contribution is -2.45. The van der Waals surface area contributed by atoms with Crippen molar-refractivity contribution in [2.24, 2.45) is 5.73 Å². The number of nitrogens with zero attached hydrogens (tertiary/aromatic N) is 3. The third-order valence-electron chi connectivity index (χ3n) is 4.20. The molecule has 0 spiro atoms. The summed E-state index contributed by atoms with van der Waals surface area (Å²) in [4.78, 5) is 6.39. The monoisotopic (exact) mass is 312 g/mol. The van der Waals surface area contributed by atoms with E-state index >= 15 is 0 Å². The van der Waals surface area contributed by atoms with Gasteiger partial charge in [-0.25, -0.2) is 13.4 Å². The zero-order valence-corrected chi connectivity index (χ0v) is 13.5. The van der Waals surface area contributed by atoms with Crippen LogP contribution >= 0.6 is 0 Å². The second-order valence-corrected chi connectivity index (χ2v) is 7.34. The Labute approximate surface area is 127 Å². The summed E-state index contributed by atoms with van der Waals surface area (Å²) in [7, 11) is -1.87. The number of rotatable bonds is 5. The van der Waals surface area contributed by atoms with E-state index in [0.29, 0.717) is 6.54 Å². The normalized spacial score (nSPS) is 18.3. The van der Waals surface area contributed by atoms with Gasteiger partial charge in [0.1, 0.15) is 0 Å². The number of piperidine rings is 1. The van der Waals surface area contributed by atoms with E-state index < -0.39 is 10.0 Å². The van der Waals surface area contributed by atoms with E-state index in [1.54, 1.807) is 13.1 Å². The van der Waals surface area contributed by atoms with Gasteiger partial charge in [0.05, 0.1) is 0 Å². The van der Waals surface area contributed by atoms with Crippen LogP contribution in [0.2, 0.25) is 0 Å². The Morgan fingerprint density at radius 2 is 2.05 bits per heavy atom. The highest BCUT2D eigenvalue weighted by Gasteiger charge is 2.31. The zero-order valence-electron chi connectivity index (χ0n) is 12.7. The molecule has 0 radical (unpaired) electrons. The van der Waals surface area contributed by atoms with E-state index in [0.717, 1.165) is 38.0 Å². The Hall–Kier alpha value is -1.02. The average molecular weight is 312 g/mol. The molecule has 0 unspecified atom stereocenters. The number of hydrogen-bond donors (Lipinski definition) is 1. The Kier molecular flexibility index (Phi) is 5.32. The molecule has 118 valence electrons. The first-order chi connectivity index (χ1) is 9.98. The van der Waals surface area contributed by atoms with Crippen molar-refractivity contribution in [1.29, 1.82) is 0 Å². The van der Waals surface area contributed by atoms with Crippen molar-refractivity contribution in [2.45, 2.75) is 37.4 Å². The van der Waals surface area contributed by atoms with Crippen LogP contribution in [-0.4, -0.2) is 55.3 Å². The highest BCUT2D eigenvalue weighted by atomic mass is 32.2. The fraction of sp³-hybridized carbons (Fsp3) is 0.643. The van der Waals surface area contributed by atoms with Crippen LogP contribution in [0.4, 0.5) is 0 Å². The van der Waals surface area contributed by atoms with Gasteiger partial charge in [0, 0.05) is 25.8 Å². The molecule has 1 aromatic rings. The SMILES string of the molecule is CCN1CCC(N(C)S(=O)(=O)c2ccc(CN)cn2)CC1. The van der Waals surface area contributed by atoms with Gasteiger partial charge < -0.3 is 10.6 Å². The minimum absolute atomic E-state index is 0.0498. The molecule has 1 aromatic heterocycles. The smallest absolute Gasteiger partial charge is 0.260 e. The molecule has 7 heteroatoms. The summed E-state index contributed by atoms with van der Waals surface area (Å²) in [5, 5.41) is 0.0973. The average Bonchev–Trinajstić information content (AvgIpc) is 2.54. The van der Waals surface area contributed by atoms with Gasteiger partial charge in [-0.3, -0.25) is 0 Å². The summed E-state index contributed by atoms with van der Waals surface area (Å²) in [6.07, 6.45) is 3.26. The van der Waals surface area contributed by atoms with Gasteiger partial charge in [-0.1, -0.05) is 13.0 Å². The lowest BCUT2D eigenvalue weighted by molar-refractivity contribution is 0.176. The first kappa shape index (κ1) is 16.4. The first-order valence-electron chi connectivity index (χ1n) is 7.34. The fourth-order valence-electron chi connectivity index (χ4n) is 2.63. The van der Waals surface area contributed by atoms with Crippen LogP contribution in [0.25, 0.3) is 0 Å². The summed E-state index contributed by atoms with van der Waals surface area (Å²) in [5.41, 5.74) is 6.33. The topological polar surface area (TPSA) is 79.5 Å². The van der Waals surface area contributed by atoms with Crippen molar-refractivity contribution in [3.63, 3.8) is 0 Å². The third kappa shape index (κ3) is 3.60. The molecule has 1 fully saturated rings. The predicted octanol–water partition coefficient (Wildman–Crippen LogP) is 0.645.